The van der Waals surface area contributed by atoms with Gasteiger partial charge in [-0.25, -0.2) is 0 Å². The van der Waals surface area contributed by atoms with Crippen molar-refractivity contribution in [2.24, 2.45) is 11.8 Å². The summed E-state index contributed by atoms with van der Waals surface area (Å²) in [4.78, 5) is 11.1. The van der Waals surface area contributed by atoms with Crippen molar-refractivity contribution in [2.45, 2.75) is 39.5 Å². The van der Waals surface area contributed by atoms with E-state index in [1.807, 2.05) is 13.8 Å². The van der Waals surface area contributed by atoms with E-state index in [0.29, 0.717) is 5.78 Å². The lowest BCUT2D eigenvalue weighted by molar-refractivity contribution is -0.123. The zero-order chi connectivity index (χ0) is 7.56. The highest BCUT2D eigenvalue weighted by atomic mass is 16.1. The fourth-order valence-electron chi connectivity index (χ4n) is 1.22. The highest BCUT2D eigenvalue weighted by molar-refractivity contribution is 5.80. The topological polar surface area (TPSA) is 17.1 Å². The zero-order valence-corrected chi connectivity index (χ0v) is 6.89. The van der Waals surface area contributed by atoms with Crippen LogP contribution < -0.4 is 0 Å². The fourth-order valence-corrected chi connectivity index (χ4v) is 1.22. The molecule has 10 heavy (non-hydrogen) atoms. The van der Waals surface area contributed by atoms with Crippen molar-refractivity contribution in [3.05, 3.63) is 0 Å². The van der Waals surface area contributed by atoms with Crippen LogP contribution in [0.1, 0.15) is 39.5 Å². The van der Waals surface area contributed by atoms with E-state index in [4.69, 9.17) is 0 Å². The second-order valence-electron chi connectivity index (χ2n) is 3.62. The Bertz CT molecular complexity index is 123. The molecule has 1 fully saturated rings. The maximum Gasteiger partial charge on any atom is 0.135 e. The summed E-state index contributed by atoms with van der Waals surface area (Å²) in [7, 11) is 0. The van der Waals surface area contributed by atoms with Crippen molar-refractivity contribution in [3.63, 3.8) is 0 Å². The normalized spacial score (nSPS) is 19.1. The number of ketones is 1. The number of carbonyl (C=O) groups excluding carboxylic acids is 1. The van der Waals surface area contributed by atoms with Crippen LogP contribution in [0.2, 0.25) is 0 Å². The molecule has 1 nitrogen and oxygen atoms in total. The molecule has 0 heterocycles. The van der Waals surface area contributed by atoms with Gasteiger partial charge in [-0.05, 0) is 5.92 Å². The van der Waals surface area contributed by atoms with Crippen LogP contribution in [0.3, 0.4) is 0 Å². The van der Waals surface area contributed by atoms with Gasteiger partial charge in [0.25, 0.3) is 0 Å². The second-order valence-corrected chi connectivity index (χ2v) is 3.62. The maximum atomic E-state index is 11.1. The van der Waals surface area contributed by atoms with Gasteiger partial charge in [0.05, 0.1) is 0 Å². The average Bonchev–Trinajstić information content (AvgIpc) is 1.77. The molecule has 1 saturated carbocycles. The van der Waals surface area contributed by atoms with Crippen molar-refractivity contribution in [2.75, 3.05) is 0 Å². The van der Waals surface area contributed by atoms with E-state index in [1.165, 1.54) is 19.3 Å². The Morgan fingerprint density at radius 3 is 2.40 bits per heavy atom. The molecular formula is C9H16O. The quantitative estimate of drug-likeness (QED) is 0.588. The molecule has 58 valence electrons. The maximum absolute atomic E-state index is 11.1. The molecule has 0 radical (unpaired) electrons. The summed E-state index contributed by atoms with van der Waals surface area (Å²) in [5, 5.41) is 0. The van der Waals surface area contributed by atoms with Gasteiger partial charge >= 0.3 is 0 Å². The second kappa shape index (κ2) is 3.18. The van der Waals surface area contributed by atoms with E-state index in [1.54, 1.807) is 0 Å². The lowest BCUT2D eigenvalue weighted by Crippen LogP contribution is -2.18. The Labute approximate surface area is 62.8 Å². The molecule has 0 spiro atoms. The van der Waals surface area contributed by atoms with Gasteiger partial charge in [0.2, 0.25) is 0 Å². The molecule has 0 amide bonds. The number of Topliss-reactive ketones (excluding diaryl/α,β-unsaturated/α-hetero) is 1. The lowest BCUT2D eigenvalue weighted by Gasteiger charge is -2.24. The first kappa shape index (κ1) is 7.77. The highest BCUT2D eigenvalue weighted by Crippen LogP contribution is 2.30. The van der Waals surface area contributed by atoms with Gasteiger partial charge in [0.1, 0.15) is 5.78 Å². The summed E-state index contributed by atoms with van der Waals surface area (Å²) in [5.74, 6) is 1.44. The highest BCUT2D eigenvalue weighted by Gasteiger charge is 2.21. The largest absolute Gasteiger partial charge is 0.299 e. The number of rotatable bonds is 3. The summed E-state index contributed by atoms with van der Waals surface area (Å²) < 4.78 is 0. The third-order valence-electron chi connectivity index (χ3n) is 2.36. The van der Waals surface area contributed by atoms with Crippen LogP contribution >= 0.6 is 0 Å². The van der Waals surface area contributed by atoms with Gasteiger partial charge in [-0.3, -0.25) is 4.79 Å². The molecule has 0 aliphatic heterocycles. The summed E-state index contributed by atoms with van der Waals surface area (Å²) in [6.45, 7) is 3.97. The first-order chi connectivity index (χ1) is 4.70. The van der Waals surface area contributed by atoms with Gasteiger partial charge in [0, 0.05) is 12.3 Å². The monoisotopic (exact) mass is 140 g/mol. The minimum atomic E-state index is 0.251. The molecular weight excluding hydrogens is 124 g/mol. The molecule has 1 aliphatic carbocycles. The standard InChI is InChI=1S/C9H16O/c1-7(2)9(10)6-8-4-3-5-8/h7-8H,3-6H2,1-2H3. The number of hydrogen-bond donors (Lipinski definition) is 0. The average molecular weight is 140 g/mol. The van der Waals surface area contributed by atoms with Gasteiger partial charge in [-0.1, -0.05) is 33.1 Å². The van der Waals surface area contributed by atoms with E-state index in [0.717, 1.165) is 12.3 Å². The van der Waals surface area contributed by atoms with Crippen LogP contribution in [0.25, 0.3) is 0 Å². The Hall–Kier alpha value is -0.330. The summed E-state index contributed by atoms with van der Waals surface area (Å²) in [6, 6.07) is 0. The minimum Gasteiger partial charge on any atom is -0.299 e. The van der Waals surface area contributed by atoms with Crippen molar-refractivity contribution < 1.29 is 4.79 Å². The Morgan fingerprint density at radius 1 is 1.50 bits per heavy atom. The molecule has 0 saturated heterocycles. The zero-order valence-electron chi connectivity index (χ0n) is 6.89. The van der Waals surface area contributed by atoms with Crippen LogP contribution in [-0.4, -0.2) is 5.78 Å². The molecule has 0 unspecified atom stereocenters. The van der Waals surface area contributed by atoms with Gasteiger partial charge in [-0.15, -0.1) is 0 Å². The molecule has 1 rings (SSSR count). The van der Waals surface area contributed by atoms with E-state index in [9.17, 15) is 4.79 Å². The van der Waals surface area contributed by atoms with Gasteiger partial charge in [0.15, 0.2) is 0 Å². The summed E-state index contributed by atoms with van der Waals surface area (Å²) >= 11 is 0. The van der Waals surface area contributed by atoms with Crippen LogP contribution in [-0.2, 0) is 4.79 Å². The van der Waals surface area contributed by atoms with Crippen molar-refractivity contribution in [1.29, 1.82) is 0 Å². The van der Waals surface area contributed by atoms with E-state index in [2.05, 4.69) is 0 Å². The molecule has 0 aromatic rings. The van der Waals surface area contributed by atoms with Gasteiger partial charge < -0.3 is 0 Å². The molecule has 0 aromatic heterocycles. The molecule has 1 heteroatoms. The van der Waals surface area contributed by atoms with Crippen LogP contribution in [0.15, 0.2) is 0 Å². The van der Waals surface area contributed by atoms with Crippen LogP contribution in [0, 0.1) is 11.8 Å². The number of carbonyl (C=O) groups is 1. The molecule has 0 atom stereocenters. The third kappa shape index (κ3) is 1.83. The molecule has 0 bridgehead atoms. The Kier molecular flexibility index (Phi) is 2.47. The number of hydrogen-bond acceptors (Lipinski definition) is 1. The summed E-state index contributed by atoms with van der Waals surface area (Å²) in [6.07, 6.45) is 4.77. The van der Waals surface area contributed by atoms with E-state index >= 15 is 0 Å². The Balaban J connectivity index is 2.17. The SMILES string of the molecule is CC(C)C(=O)CC1CCC1. The van der Waals surface area contributed by atoms with Crippen LogP contribution in [0.5, 0.6) is 0 Å². The fraction of sp³-hybridized carbons (Fsp3) is 0.889. The van der Waals surface area contributed by atoms with Crippen molar-refractivity contribution >= 4 is 5.78 Å². The molecule has 1 aliphatic rings. The predicted octanol–water partition coefficient (Wildman–Crippen LogP) is 2.40. The first-order valence-electron chi connectivity index (χ1n) is 4.23. The van der Waals surface area contributed by atoms with Crippen molar-refractivity contribution in [1.82, 2.24) is 0 Å². The van der Waals surface area contributed by atoms with Crippen molar-refractivity contribution in [3.8, 4) is 0 Å². The first-order valence-corrected chi connectivity index (χ1v) is 4.23. The van der Waals surface area contributed by atoms with Gasteiger partial charge in [-0.2, -0.15) is 0 Å². The summed E-state index contributed by atoms with van der Waals surface area (Å²) in [5.41, 5.74) is 0. The smallest absolute Gasteiger partial charge is 0.135 e. The van der Waals surface area contributed by atoms with E-state index < -0.39 is 0 Å². The minimum absolute atomic E-state index is 0.251. The van der Waals surface area contributed by atoms with Crippen LogP contribution in [0.4, 0.5) is 0 Å². The third-order valence-corrected chi connectivity index (χ3v) is 2.36. The predicted molar refractivity (Wildman–Crippen MR) is 41.8 cm³/mol. The lowest BCUT2D eigenvalue weighted by atomic mass is 9.80. The Morgan fingerprint density at radius 2 is 2.10 bits per heavy atom. The van der Waals surface area contributed by atoms with E-state index in [-0.39, 0.29) is 5.92 Å². The molecule has 0 N–H and O–H groups in total. The molecule has 0 aromatic carbocycles.